The Morgan fingerprint density at radius 1 is 1.37 bits per heavy atom. The highest BCUT2D eigenvalue weighted by Crippen LogP contribution is 2.20. The summed E-state index contributed by atoms with van der Waals surface area (Å²) in [4.78, 5) is 26.6. The maximum Gasteiger partial charge on any atom is 0.332 e. The number of carboxylic acid groups (broad SMARTS) is 1. The zero-order chi connectivity index (χ0) is 14.0. The SMILES string of the molecule is Cc1nc(CNC(=O)C2CCC(C(=O)O)O2)oc1C. The first-order valence-electron chi connectivity index (χ1n) is 6.06. The Morgan fingerprint density at radius 2 is 2.05 bits per heavy atom. The molecule has 2 heterocycles. The van der Waals surface area contributed by atoms with E-state index in [9.17, 15) is 9.59 Å². The van der Waals surface area contributed by atoms with E-state index >= 15 is 0 Å². The monoisotopic (exact) mass is 268 g/mol. The second-order valence-corrected chi connectivity index (χ2v) is 4.50. The Morgan fingerprint density at radius 3 is 2.58 bits per heavy atom. The van der Waals surface area contributed by atoms with E-state index in [0.717, 1.165) is 5.69 Å². The molecule has 2 N–H and O–H groups in total. The van der Waals surface area contributed by atoms with Crippen molar-refractivity contribution >= 4 is 11.9 Å². The molecule has 0 spiro atoms. The summed E-state index contributed by atoms with van der Waals surface area (Å²) in [6, 6.07) is 0. The lowest BCUT2D eigenvalue weighted by Gasteiger charge is -2.10. The number of carbonyl (C=O) groups excluding carboxylic acids is 1. The van der Waals surface area contributed by atoms with Crippen LogP contribution in [0.1, 0.15) is 30.2 Å². The third-order valence-electron chi connectivity index (χ3n) is 3.07. The molecular weight excluding hydrogens is 252 g/mol. The fraction of sp³-hybridized carbons (Fsp3) is 0.583. The molecule has 2 atom stereocenters. The minimum absolute atomic E-state index is 0.172. The number of carbonyl (C=O) groups is 2. The number of nitrogens with one attached hydrogen (secondary N) is 1. The van der Waals surface area contributed by atoms with Gasteiger partial charge in [-0.25, -0.2) is 9.78 Å². The van der Waals surface area contributed by atoms with E-state index in [0.29, 0.717) is 24.5 Å². The molecule has 7 nitrogen and oxygen atoms in total. The zero-order valence-corrected chi connectivity index (χ0v) is 10.8. The fourth-order valence-electron chi connectivity index (χ4n) is 1.90. The van der Waals surface area contributed by atoms with Crippen LogP contribution in [0.25, 0.3) is 0 Å². The number of aromatic nitrogens is 1. The first kappa shape index (κ1) is 13.5. The second kappa shape index (κ2) is 5.40. The standard InChI is InChI=1S/C12H16N2O5/c1-6-7(2)18-10(14-6)5-13-11(15)8-3-4-9(19-8)12(16)17/h8-9H,3-5H2,1-2H3,(H,13,15)(H,16,17). The molecule has 1 fully saturated rings. The maximum absolute atomic E-state index is 11.8. The Hall–Kier alpha value is -1.89. The number of rotatable bonds is 4. The Kier molecular flexibility index (Phi) is 3.84. The molecule has 0 aliphatic carbocycles. The number of oxazole rings is 1. The van der Waals surface area contributed by atoms with Crippen molar-refractivity contribution in [2.45, 2.75) is 45.4 Å². The van der Waals surface area contributed by atoms with Gasteiger partial charge in [-0.2, -0.15) is 0 Å². The van der Waals surface area contributed by atoms with Crippen LogP contribution in [0.4, 0.5) is 0 Å². The predicted molar refractivity (Wildman–Crippen MR) is 63.4 cm³/mol. The molecule has 0 saturated carbocycles. The van der Waals surface area contributed by atoms with Crippen LogP contribution in [0.3, 0.4) is 0 Å². The Labute approximate surface area is 110 Å². The lowest BCUT2D eigenvalue weighted by molar-refractivity contribution is -0.151. The molecule has 2 rings (SSSR count). The van der Waals surface area contributed by atoms with E-state index in [4.69, 9.17) is 14.3 Å². The summed E-state index contributed by atoms with van der Waals surface area (Å²) >= 11 is 0. The van der Waals surface area contributed by atoms with E-state index in [2.05, 4.69) is 10.3 Å². The minimum atomic E-state index is -1.03. The highest BCUT2D eigenvalue weighted by molar-refractivity contribution is 5.82. The van der Waals surface area contributed by atoms with Crippen LogP contribution in [0.5, 0.6) is 0 Å². The van der Waals surface area contributed by atoms with Gasteiger partial charge in [0.2, 0.25) is 11.8 Å². The summed E-state index contributed by atoms with van der Waals surface area (Å²) in [6.07, 6.45) is -0.836. The van der Waals surface area contributed by atoms with Crippen LogP contribution in [0, 0.1) is 13.8 Å². The van der Waals surface area contributed by atoms with Gasteiger partial charge >= 0.3 is 5.97 Å². The van der Waals surface area contributed by atoms with Crippen molar-refractivity contribution in [3.05, 3.63) is 17.3 Å². The Balaban J connectivity index is 1.83. The molecule has 0 bridgehead atoms. The summed E-state index contributed by atoms with van der Waals surface area (Å²) in [5.41, 5.74) is 0.785. The molecule has 7 heteroatoms. The van der Waals surface area contributed by atoms with E-state index < -0.39 is 18.2 Å². The summed E-state index contributed by atoms with van der Waals surface area (Å²) in [6.45, 7) is 3.79. The molecule has 1 aliphatic rings. The average molecular weight is 268 g/mol. The Bertz CT molecular complexity index is 477. The van der Waals surface area contributed by atoms with Crippen molar-refractivity contribution in [3.63, 3.8) is 0 Å². The normalized spacial score (nSPS) is 22.4. The third kappa shape index (κ3) is 3.11. The first-order chi connectivity index (χ1) is 8.97. The summed E-state index contributed by atoms with van der Waals surface area (Å²) in [5, 5.41) is 11.4. The fourth-order valence-corrected chi connectivity index (χ4v) is 1.90. The highest BCUT2D eigenvalue weighted by atomic mass is 16.5. The average Bonchev–Trinajstić information content (AvgIpc) is 2.95. The van der Waals surface area contributed by atoms with Gasteiger partial charge in [0.15, 0.2) is 6.10 Å². The maximum atomic E-state index is 11.8. The van der Waals surface area contributed by atoms with Crippen molar-refractivity contribution in [2.24, 2.45) is 0 Å². The van der Waals surface area contributed by atoms with Crippen molar-refractivity contribution in [3.8, 4) is 0 Å². The molecule has 1 aliphatic heterocycles. The number of aryl methyl sites for hydroxylation is 2. The van der Waals surface area contributed by atoms with Gasteiger partial charge in [-0.1, -0.05) is 0 Å². The van der Waals surface area contributed by atoms with Crippen LogP contribution in [0.15, 0.2) is 4.42 Å². The van der Waals surface area contributed by atoms with E-state index in [1.807, 2.05) is 6.92 Å². The zero-order valence-electron chi connectivity index (χ0n) is 10.8. The van der Waals surface area contributed by atoms with Crippen LogP contribution in [-0.2, 0) is 20.9 Å². The molecular formula is C12H16N2O5. The molecule has 104 valence electrons. The quantitative estimate of drug-likeness (QED) is 0.826. The number of nitrogens with zero attached hydrogens (tertiary/aromatic N) is 1. The van der Waals surface area contributed by atoms with Crippen molar-refractivity contribution in [1.82, 2.24) is 10.3 Å². The summed E-state index contributed by atoms with van der Waals surface area (Å²) < 4.78 is 10.5. The summed E-state index contributed by atoms with van der Waals surface area (Å²) in [7, 11) is 0. The van der Waals surface area contributed by atoms with Gasteiger partial charge in [-0.05, 0) is 26.7 Å². The number of aliphatic carboxylic acids is 1. The number of hydrogen-bond donors (Lipinski definition) is 2. The van der Waals surface area contributed by atoms with Gasteiger partial charge < -0.3 is 19.6 Å². The van der Waals surface area contributed by atoms with Crippen LogP contribution >= 0.6 is 0 Å². The van der Waals surface area contributed by atoms with Gasteiger partial charge in [0.25, 0.3) is 0 Å². The van der Waals surface area contributed by atoms with E-state index in [1.165, 1.54) is 0 Å². The van der Waals surface area contributed by atoms with Gasteiger partial charge in [-0.3, -0.25) is 4.79 Å². The molecule has 1 aromatic heterocycles. The van der Waals surface area contributed by atoms with Crippen molar-refractivity contribution in [1.29, 1.82) is 0 Å². The smallest absolute Gasteiger partial charge is 0.332 e. The van der Waals surface area contributed by atoms with Crippen molar-refractivity contribution < 1.29 is 23.8 Å². The van der Waals surface area contributed by atoms with Crippen LogP contribution < -0.4 is 5.32 Å². The van der Waals surface area contributed by atoms with Gasteiger partial charge in [-0.15, -0.1) is 0 Å². The number of hydrogen-bond acceptors (Lipinski definition) is 5. The topological polar surface area (TPSA) is 102 Å². The molecule has 19 heavy (non-hydrogen) atoms. The number of carboxylic acids is 1. The lowest BCUT2D eigenvalue weighted by atomic mass is 10.2. The van der Waals surface area contributed by atoms with E-state index in [1.54, 1.807) is 6.92 Å². The molecule has 1 saturated heterocycles. The first-order valence-corrected chi connectivity index (χ1v) is 6.06. The lowest BCUT2D eigenvalue weighted by Crippen LogP contribution is -2.35. The highest BCUT2D eigenvalue weighted by Gasteiger charge is 2.34. The van der Waals surface area contributed by atoms with Gasteiger partial charge in [0.1, 0.15) is 11.9 Å². The number of ether oxygens (including phenoxy) is 1. The predicted octanol–water partition coefficient (Wildman–Crippen LogP) is 0.540. The minimum Gasteiger partial charge on any atom is -0.479 e. The molecule has 0 aromatic carbocycles. The van der Waals surface area contributed by atoms with Crippen LogP contribution in [-0.4, -0.2) is 34.2 Å². The molecule has 1 amide bonds. The third-order valence-corrected chi connectivity index (χ3v) is 3.07. The molecule has 1 aromatic rings. The second-order valence-electron chi connectivity index (χ2n) is 4.50. The van der Waals surface area contributed by atoms with Crippen molar-refractivity contribution in [2.75, 3.05) is 0 Å². The van der Waals surface area contributed by atoms with Gasteiger partial charge in [0.05, 0.1) is 12.2 Å². The largest absolute Gasteiger partial charge is 0.479 e. The molecule has 2 unspecified atom stereocenters. The summed E-state index contributed by atoms with van der Waals surface area (Å²) in [5.74, 6) is -0.227. The molecule has 0 radical (unpaired) electrons. The number of amides is 1. The van der Waals surface area contributed by atoms with Crippen LogP contribution in [0.2, 0.25) is 0 Å². The van der Waals surface area contributed by atoms with Gasteiger partial charge in [0, 0.05) is 0 Å². The van der Waals surface area contributed by atoms with E-state index in [-0.39, 0.29) is 12.5 Å².